The molecule has 0 atom stereocenters. The zero-order chi connectivity index (χ0) is 8.85. The molecule has 0 unspecified atom stereocenters. The third-order valence-corrected chi connectivity index (χ3v) is 1.51. The summed E-state index contributed by atoms with van der Waals surface area (Å²) in [6, 6.07) is 0. The first kappa shape index (κ1) is 10.2. The third kappa shape index (κ3) is 3.77. The van der Waals surface area contributed by atoms with Gasteiger partial charge in [0, 0.05) is 6.54 Å². The molecule has 0 rings (SSSR count). The van der Waals surface area contributed by atoms with Gasteiger partial charge in [-0.25, -0.2) is 0 Å². The Morgan fingerprint density at radius 3 is 2.36 bits per heavy atom. The van der Waals surface area contributed by atoms with Crippen LogP contribution in [0.1, 0.15) is 19.8 Å². The highest BCUT2D eigenvalue weighted by atomic mass is 32.1. The van der Waals surface area contributed by atoms with Crippen molar-refractivity contribution in [2.75, 3.05) is 6.54 Å². The first-order chi connectivity index (χ1) is 5.09. The molecule has 0 radical (unpaired) electrons. The van der Waals surface area contributed by atoms with Crippen LogP contribution in [0, 0.1) is 5.41 Å². The Balaban J connectivity index is 3.90. The standard InChI is InChI=1S/C6H14N4S/c1-2-3-4-10(5(7)8)6(9)11/h2-4H2,1H3,(H3,7,8)(H2,9,11). The Labute approximate surface area is 72.0 Å². The van der Waals surface area contributed by atoms with Gasteiger partial charge in [0.15, 0.2) is 11.1 Å². The van der Waals surface area contributed by atoms with Crippen molar-refractivity contribution in [3.05, 3.63) is 0 Å². The lowest BCUT2D eigenvalue weighted by atomic mass is 10.3. The Kier molecular flexibility index (Phi) is 4.52. The van der Waals surface area contributed by atoms with Gasteiger partial charge in [-0.15, -0.1) is 0 Å². The number of nitrogens with two attached hydrogens (primary N) is 2. The molecular weight excluding hydrogens is 160 g/mol. The molecule has 0 saturated heterocycles. The molecule has 64 valence electrons. The third-order valence-electron chi connectivity index (χ3n) is 1.29. The number of nitrogens with zero attached hydrogens (tertiary/aromatic N) is 1. The maximum atomic E-state index is 7.10. The lowest BCUT2D eigenvalue weighted by Gasteiger charge is -2.19. The molecule has 0 spiro atoms. The molecule has 0 aliphatic heterocycles. The van der Waals surface area contributed by atoms with Crippen LogP contribution >= 0.6 is 12.2 Å². The Bertz CT molecular complexity index is 143. The van der Waals surface area contributed by atoms with Crippen molar-refractivity contribution in [2.45, 2.75) is 19.8 Å². The highest BCUT2D eigenvalue weighted by Crippen LogP contribution is 1.93. The zero-order valence-electron chi connectivity index (χ0n) is 6.63. The summed E-state index contributed by atoms with van der Waals surface area (Å²) in [5.74, 6) is -0.0778. The average molecular weight is 174 g/mol. The van der Waals surface area contributed by atoms with Crippen molar-refractivity contribution in [1.82, 2.24) is 4.90 Å². The second kappa shape index (κ2) is 4.90. The molecule has 0 heterocycles. The van der Waals surface area contributed by atoms with Crippen molar-refractivity contribution in [3.63, 3.8) is 0 Å². The molecule has 0 amide bonds. The minimum absolute atomic E-state index is 0.0778. The minimum atomic E-state index is -0.0778. The first-order valence-electron chi connectivity index (χ1n) is 3.50. The van der Waals surface area contributed by atoms with E-state index in [2.05, 4.69) is 19.1 Å². The van der Waals surface area contributed by atoms with Crippen molar-refractivity contribution in [1.29, 1.82) is 5.41 Å². The van der Waals surface area contributed by atoms with E-state index in [1.165, 1.54) is 4.90 Å². The highest BCUT2D eigenvalue weighted by molar-refractivity contribution is 7.80. The fraction of sp³-hybridized carbons (Fsp3) is 0.667. The number of hydrogen-bond acceptors (Lipinski definition) is 2. The summed E-state index contributed by atoms with van der Waals surface area (Å²) in [6.45, 7) is 2.69. The van der Waals surface area contributed by atoms with Crippen LogP contribution in [-0.2, 0) is 0 Å². The van der Waals surface area contributed by atoms with E-state index < -0.39 is 0 Å². The lowest BCUT2D eigenvalue weighted by Crippen LogP contribution is -2.44. The Morgan fingerprint density at radius 2 is 2.09 bits per heavy atom. The fourth-order valence-electron chi connectivity index (χ4n) is 0.666. The van der Waals surface area contributed by atoms with E-state index in [-0.39, 0.29) is 11.1 Å². The molecule has 0 aliphatic rings. The van der Waals surface area contributed by atoms with E-state index in [0.29, 0.717) is 6.54 Å². The molecule has 0 bridgehead atoms. The second-order valence-corrected chi connectivity index (χ2v) is 2.65. The number of hydrogen-bond donors (Lipinski definition) is 3. The highest BCUT2D eigenvalue weighted by Gasteiger charge is 2.07. The maximum absolute atomic E-state index is 7.10. The van der Waals surface area contributed by atoms with Gasteiger partial charge in [-0.3, -0.25) is 10.3 Å². The zero-order valence-corrected chi connectivity index (χ0v) is 7.45. The van der Waals surface area contributed by atoms with Gasteiger partial charge < -0.3 is 11.5 Å². The van der Waals surface area contributed by atoms with Crippen LogP contribution < -0.4 is 11.5 Å². The number of rotatable bonds is 3. The lowest BCUT2D eigenvalue weighted by molar-refractivity contribution is 0.563. The smallest absolute Gasteiger partial charge is 0.194 e. The number of thiocarbonyl (C=S) groups is 1. The molecule has 0 aromatic heterocycles. The van der Waals surface area contributed by atoms with Crippen LogP contribution in [0.4, 0.5) is 0 Å². The average Bonchev–Trinajstić information content (AvgIpc) is 1.87. The predicted molar refractivity (Wildman–Crippen MR) is 50.3 cm³/mol. The van der Waals surface area contributed by atoms with Crippen molar-refractivity contribution < 1.29 is 0 Å². The summed E-state index contributed by atoms with van der Waals surface area (Å²) in [5.41, 5.74) is 10.5. The molecule has 5 heteroatoms. The molecule has 0 saturated carbocycles. The van der Waals surface area contributed by atoms with Gasteiger partial charge in [0.1, 0.15) is 0 Å². The Hall–Kier alpha value is -0.840. The molecule has 11 heavy (non-hydrogen) atoms. The molecule has 5 N–H and O–H groups in total. The van der Waals surface area contributed by atoms with Gasteiger partial charge in [0.2, 0.25) is 0 Å². The van der Waals surface area contributed by atoms with Crippen LogP contribution in [0.2, 0.25) is 0 Å². The van der Waals surface area contributed by atoms with Crippen LogP contribution in [-0.4, -0.2) is 22.5 Å². The molecule has 0 aliphatic carbocycles. The summed E-state index contributed by atoms with van der Waals surface area (Å²) in [4.78, 5) is 1.42. The SMILES string of the molecule is CCCCN(C(=N)N)C(N)=S. The van der Waals surface area contributed by atoms with Gasteiger partial charge >= 0.3 is 0 Å². The van der Waals surface area contributed by atoms with E-state index in [4.69, 9.17) is 16.9 Å². The van der Waals surface area contributed by atoms with Gasteiger partial charge in [0.05, 0.1) is 0 Å². The topological polar surface area (TPSA) is 79.1 Å². The largest absolute Gasteiger partial charge is 0.376 e. The summed E-state index contributed by atoms with van der Waals surface area (Å²) in [6.07, 6.45) is 1.98. The van der Waals surface area contributed by atoms with Gasteiger partial charge in [-0.1, -0.05) is 13.3 Å². The molecular formula is C6H14N4S. The summed E-state index contributed by atoms with van der Waals surface area (Å²) in [7, 11) is 0. The van der Waals surface area contributed by atoms with Crippen molar-refractivity contribution >= 4 is 23.3 Å². The van der Waals surface area contributed by atoms with Gasteiger partial charge in [-0.2, -0.15) is 0 Å². The number of nitrogens with one attached hydrogen (secondary N) is 1. The summed E-state index contributed by atoms with van der Waals surface area (Å²) in [5, 5.41) is 7.27. The predicted octanol–water partition coefficient (Wildman–Crippen LogP) is 0.226. The normalized spacial score (nSPS) is 9.18. The van der Waals surface area contributed by atoms with Crippen molar-refractivity contribution in [2.24, 2.45) is 11.5 Å². The van der Waals surface area contributed by atoms with E-state index in [9.17, 15) is 0 Å². The van der Waals surface area contributed by atoms with Gasteiger partial charge in [-0.05, 0) is 18.6 Å². The molecule has 4 nitrogen and oxygen atoms in total. The van der Waals surface area contributed by atoms with Crippen molar-refractivity contribution in [3.8, 4) is 0 Å². The molecule has 0 aromatic rings. The van der Waals surface area contributed by atoms with Crippen LogP contribution in [0.15, 0.2) is 0 Å². The van der Waals surface area contributed by atoms with Crippen LogP contribution in [0.5, 0.6) is 0 Å². The Morgan fingerprint density at radius 1 is 1.55 bits per heavy atom. The van der Waals surface area contributed by atoms with E-state index in [1.807, 2.05) is 0 Å². The number of guanidine groups is 1. The first-order valence-corrected chi connectivity index (χ1v) is 3.91. The van der Waals surface area contributed by atoms with Crippen LogP contribution in [0.25, 0.3) is 0 Å². The monoisotopic (exact) mass is 174 g/mol. The van der Waals surface area contributed by atoms with E-state index >= 15 is 0 Å². The van der Waals surface area contributed by atoms with E-state index in [1.54, 1.807) is 0 Å². The molecule has 0 aromatic carbocycles. The summed E-state index contributed by atoms with van der Waals surface area (Å²) < 4.78 is 0. The van der Waals surface area contributed by atoms with E-state index in [0.717, 1.165) is 12.8 Å². The minimum Gasteiger partial charge on any atom is -0.376 e. The van der Waals surface area contributed by atoms with Crippen LogP contribution in [0.3, 0.4) is 0 Å². The van der Waals surface area contributed by atoms with Gasteiger partial charge in [0.25, 0.3) is 0 Å². The molecule has 0 fully saturated rings. The quantitative estimate of drug-likeness (QED) is 0.325. The fourth-order valence-corrected chi connectivity index (χ4v) is 0.855. The number of unbranched alkanes of at least 4 members (excludes halogenated alkanes) is 1. The summed E-state index contributed by atoms with van der Waals surface area (Å²) >= 11 is 4.69. The maximum Gasteiger partial charge on any atom is 0.194 e. The second-order valence-electron chi connectivity index (χ2n) is 2.23.